The molecule has 4 heteroatoms. The molecule has 1 heterocycles. The van der Waals surface area contributed by atoms with E-state index in [1.54, 1.807) is 0 Å². The van der Waals surface area contributed by atoms with E-state index in [1.807, 2.05) is 43.0 Å². The predicted molar refractivity (Wildman–Crippen MR) is 75.1 cm³/mol. The van der Waals surface area contributed by atoms with Gasteiger partial charge in [-0.2, -0.15) is 0 Å². The molecule has 1 aromatic carbocycles. The lowest BCUT2D eigenvalue weighted by Gasteiger charge is -2.32. The zero-order valence-electron chi connectivity index (χ0n) is 11.7. The third kappa shape index (κ3) is 3.47. The van der Waals surface area contributed by atoms with E-state index in [0.717, 1.165) is 30.8 Å². The van der Waals surface area contributed by atoms with Gasteiger partial charge in [0.05, 0.1) is 12.6 Å². The van der Waals surface area contributed by atoms with E-state index in [9.17, 15) is 4.79 Å². The molecule has 1 saturated heterocycles. The van der Waals surface area contributed by atoms with Gasteiger partial charge in [0.15, 0.2) is 0 Å². The number of nitrogens with zero attached hydrogens (tertiary/aromatic N) is 1. The molecule has 19 heavy (non-hydrogen) atoms. The van der Waals surface area contributed by atoms with Gasteiger partial charge in [-0.25, -0.2) is 0 Å². The highest BCUT2D eigenvalue weighted by Crippen LogP contribution is 2.15. The number of likely N-dealkylation sites (N-methyl/N-ethyl adjacent to an activating group) is 1. The van der Waals surface area contributed by atoms with E-state index in [4.69, 9.17) is 4.74 Å². The summed E-state index contributed by atoms with van der Waals surface area (Å²) in [5.41, 5.74) is 1.14. The molecule has 1 aliphatic rings. The average Bonchev–Trinajstić information content (AvgIpc) is 2.36. The molecule has 0 spiro atoms. The zero-order chi connectivity index (χ0) is 13.7. The van der Waals surface area contributed by atoms with E-state index in [0.29, 0.717) is 13.2 Å². The van der Waals surface area contributed by atoms with Crippen molar-refractivity contribution in [2.75, 3.05) is 19.7 Å². The molecule has 104 valence electrons. The van der Waals surface area contributed by atoms with Gasteiger partial charge in [0.25, 0.3) is 0 Å². The van der Waals surface area contributed by atoms with Crippen molar-refractivity contribution in [3.05, 3.63) is 29.8 Å². The highest BCUT2D eigenvalue weighted by Gasteiger charge is 2.28. The monoisotopic (exact) mass is 262 g/mol. The van der Waals surface area contributed by atoms with Crippen LogP contribution >= 0.6 is 0 Å². The first-order valence-electron chi connectivity index (χ1n) is 6.98. The lowest BCUT2D eigenvalue weighted by molar-refractivity contribution is -0.135. The number of carbonyl (C=O) groups is 1. The Bertz CT molecular complexity index is 413. The molecule has 1 atom stereocenters. The molecule has 1 unspecified atom stereocenters. The summed E-state index contributed by atoms with van der Waals surface area (Å²) in [7, 11) is 0. The summed E-state index contributed by atoms with van der Waals surface area (Å²) in [6, 6.07) is 7.99. The van der Waals surface area contributed by atoms with Gasteiger partial charge in [-0.1, -0.05) is 12.1 Å². The van der Waals surface area contributed by atoms with Crippen LogP contribution in [0.3, 0.4) is 0 Å². The minimum Gasteiger partial charge on any atom is -0.494 e. The van der Waals surface area contributed by atoms with Gasteiger partial charge in [-0.3, -0.25) is 4.79 Å². The van der Waals surface area contributed by atoms with Crippen LogP contribution in [0.15, 0.2) is 24.3 Å². The van der Waals surface area contributed by atoms with Gasteiger partial charge in [-0.15, -0.1) is 0 Å². The van der Waals surface area contributed by atoms with Crippen molar-refractivity contribution in [3.63, 3.8) is 0 Å². The quantitative estimate of drug-likeness (QED) is 0.850. The fourth-order valence-corrected chi connectivity index (χ4v) is 2.14. The molecular weight excluding hydrogens is 240 g/mol. The van der Waals surface area contributed by atoms with E-state index in [-0.39, 0.29) is 11.9 Å². The maximum Gasteiger partial charge on any atom is 0.240 e. The van der Waals surface area contributed by atoms with Gasteiger partial charge >= 0.3 is 0 Å². The SMILES string of the molecule is CCOc1ccc(CN(CC)C(=O)C2CCN2)cc1. The van der Waals surface area contributed by atoms with Crippen molar-refractivity contribution >= 4 is 5.91 Å². The topological polar surface area (TPSA) is 41.6 Å². The van der Waals surface area contributed by atoms with Crippen molar-refractivity contribution in [3.8, 4) is 5.75 Å². The number of amides is 1. The summed E-state index contributed by atoms with van der Waals surface area (Å²) in [6.45, 7) is 7.02. The summed E-state index contributed by atoms with van der Waals surface area (Å²) in [5.74, 6) is 1.09. The van der Waals surface area contributed by atoms with Crippen LogP contribution in [0.1, 0.15) is 25.8 Å². The Kier molecular flexibility index (Phi) is 4.80. The number of rotatable bonds is 6. The molecule has 1 N–H and O–H groups in total. The summed E-state index contributed by atoms with van der Waals surface area (Å²) < 4.78 is 5.41. The van der Waals surface area contributed by atoms with E-state index >= 15 is 0 Å². The van der Waals surface area contributed by atoms with E-state index in [2.05, 4.69) is 5.32 Å². The van der Waals surface area contributed by atoms with Crippen molar-refractivity contribution < 1.29 is 9.53 Å². The second-order valence-electron chi connectivity index (χ2n) is 4.72. The number of hydrogen-bond acceptors (Lipinski definition) is 3. The minimum atomic E-state index is 0.0302. The van der Waals surface area contributed by atoms with Gasteiger partial charge in [-0.05, 0) is 44.5 Å². The Balaban J connectivity index is 1.95. The molecule has 2 rings (SSSR count). The highest BCUT2D eigenvalue weighted by atomic mass is 16.5. The largest absolute Gasteiger partial charge is 0.494 e. The van der Waals surface area contributed by atoms with Crippen LogP contribution in [0.5, 0.6) is 5.75 Å². The minimum absolute atomic E-state index is 0.0302. The van der Waals surface area contributed by atoms with Crippen LogP contribution in [-0.2, 0) is 11.3 Å². The highest BCUT2D eigenvalue weighted by molar-refractivity contribution is 5.82. The van der Waals surface area contributed by atoms with Crippen LogP contribution in [0.25, 0.3) is 0 Å². The molecule has 1 aliphatic heterocycles. The van der Waals surface area contributed by atoms with Gasteiger partial charge < -0.3 is 15.0 Å². The third-order valence-electron chi connectivity index (χ3n) is 3.42. The Morgan fingerprint density at radius 1 is 1.37 bits per heavy atom. The zero-order valence-corrected chi connectivity index (χ0v) is 11.7. The maximum absolute atomic E-state index is 12.2. The molecule has 0 aromatic heterocycles. The Labute approximate surface area is 114 Å². The van der Waals surface area contributed by atoms with Gasteiger partial charge in [0.2, 0.25) is 5.91 Å². The van der Waals surface area contributed by atoms with Crippen LogP contribution < -0.4 is 10.1 Å². The van der Waals surface area contributed by atoms with Gasteiger partial charge in [0, 0.05) is 13.1 Å². The Morgan fingerprint density at radius 3 is 2.53 bits per heavy atom. The fraction of sp³-hybridized carbons (Fsp3) is 0.533. The van der Waals surface area contributed by atoms with E-state index in [1.165, 1.54) is 0 Å². The predicted octanol–water partition coefficient (Wildman–Crippen LogP) is 1.80. The maximum atomic E-state index is 12.2. The second kappa shape index (κ2) is 6.57. The lowest BCUT2D eigenvalue weighted by atomic mass is 10.1. The van der Waals surface area contributed by atoms with Crippen molar-refractivity contribution in [1.82, 2.24) is 10.2 Å². The lowest BCUT2D eigenvalue weighted by Crippen LogP contribution is -2.54. The molecule has 1 amide bonds. The number of carbonyl (C=O) groups excluding carboxylic acids is 1. The summed E-state index contributed by atoms with van der Waals surface area (Å²) in [6.07, 6.45) is 0.957. The summed E-state index contributed by atoms with van der Waals surface area (Å²) >= 11 is 0. The Hall–Kier alpha value is -1.55. The molecule has 1 fully saturated rings. The first-order valence-corrected chi connectivity index (χ1v) is 6.98. The second-order valence-corrected chi connectivity index (χ2v) is 4.72. The van der Waals surface area contributed by atoms with Crippen LogP contribution in [0.2, 0.25) is 0 Å². The van der Waals surface area contributed by atoms with Crippen LogP contribution in [0.4, 0.5) is 0 Å². The Morgan fingerprint density at radius 2 is 2.05 bits per heavy atom. The molecule has 1 aromatic rings. The average molecular weight is 262 g/mol. The van der Waals surface area contributed by atoms with Crippen molar-refractivity contribution in [2.24, 2.45) is 0 Å². The molecule has 0 bridgehead atoms. The number of nitrogens with one attached hydrogen (secondary N) is 1. The van der Waals surface area contributed by atoms with Crippen LogP contribution in [-0.4, -0.2) is 36.5 Å². The number of ether oxygens (including phenoxy) is 1. The smallest absolute Gasteiger partial charge is 0.240 e. The first kappa shape index (κ1) is 13.9. The summed E-state index contributed by atoms with van der Waals surface area (Å²) in [5, 5.41) is 3.16. The molecule has 0 aliphatic carbocycles. The number of benzene rings is 1. The van der Waals surface area contributed by atoms with Crippen molar-refractivity contribution in [2.45, 2.75) is 32.9 Å². The third-order valence-corrected chi connectivity index (χ3v) is 3.42. The molecule has 4 nitrogen and oxygen atoms in total. The fourth-order valence-electron chi connectivity index (χ4n) is 2.14. The molecule has 0 radical (unpaired) electrons. The summed E-state index contributed by atoms with van der Waals surface area (Å²) in [4.78, 5) is 14.1. The molecular formula is C15H22N2O2. The van der Waals surface area contributed by atoms with Gasteiger partial charge in [0.1, 0.15) is 5.75 Å². The van der Waals surface area contributed by atoms with Crippen LogP contribution in [0, 0.1) is 0 Å². The number of hydrogen-bond donors (Lipinski definition) is 1. The normalized spacial score (nSPS) is 17.7. The van der Waals surface area contributed by atoms with E-state index < -0.39 is 0 Å². The first-order chi connectivity index (χ1) is 9.24. The standard InChI is InChI=1S/C15H22N2O2/c1-3-17(15(18)14-9-10-16-14)11-12-5-7-13(8-6-12)19-4-2/h5-8,14,16H,3-4,9-11H2,1-2H3. The molecule has 0 saturated carbocycles. The van der Waals surface area contributed by atoms with Crippen molar-refractivity contribution in [1.29, 1.82) is 0 Å².